The summed E-state index contributed by atoms with van der Waals surface area (Å²) >= 11 is 0. The number of fused-ring (bicyclic) bond motifs is 1. The van der Waals surface area contributed by atoms with Crippen LogP contribution in [-0.4, -0.2) is 31.8 Å². The van der Waals surface area contributed by atoms with Gasteiger partial charge in [0.1, 0.15) is 23.0 Å². The van der Waals surface area contributed by atoms with Crippen molar-refractivity contribution in [3.8, 4) is 39.7 Å². The first-order chi connectivity index (χ1) is 17.6. The number of hydrogen-bond acceptors (Lipinski definition) is 6. The number of anilines is 1. The number of halogens is 5. The minimum atomic E-state index is -4.63. The lowest BCUT2D eigenvalue weighted by molar-refractivity contribution is -0.137. The Morgan fingerprint density at radius 2 is 1.68 bits per heavy atom. The predicted molar refractivity (Wildman–Crippen MR) is 125 cm³/mol. The zero-order valence-electron chi connectivity index (χ0n) is 19.1. The molecule has 3 heterocycles. The molecule has 12 heteroatoms. The molecule has 0 saturated heterocycles. The summed E-state index contributed by atoms with van der Waals surface area (Å²) in [6, 6.07) is 10.3. The fraction of sp³-hybridized carbons (Fsp3) is 0.120. The molecule has 0 atom stereocenters. The van der Waals surface area contributed by atoms with E-state index in [1.54, 1.807) is 12.3 Å². The molecule has 2 aliphatic rings. The molecule has 188 valence electrons. The summed E-state index contributed by atoms with van der Waals surface area (Å²) in [5, 5.41) is 4.23. The number of hydrogen-bond donors (Lipinski definition) is 1. The van der Waals surface area contributed by atoms with E-state index in [2.05, 4.69) is 20.1 Å². The van der Waals surface area contributed by atoms with Crippen LogP contribution in [0.4, 0.5) is 27.8 Å². The smallest absolute Gasteiger partial charge is 0.417 e. The van der Waals surface area contributed by atoms with E-state index in [1.807, 2.05) is 0 Å². The number of benzene rings is 2. The molecule has 2 aliphatic heterocycles. The molecule has 1 aromatic heterocycles. The molecular weight excluding hydrogens is 495 g/mol. The van der Waals surface area contributed by atoms with E-state index in [-0.39, 0.29) is 40.6 Å². The maximum absolute atomic E-state index is 14.1. The maximum Gasteiger partial charge on any atom is 0.417 e. The van der Waals surface area contributed by atoms with Gasteiger partial charge in [-0.1, -0.05) is 6.07 Å². The topological polar surface area (TPSA) is 91.7 Å². The summed E-state index contributed by atoms with van der Waals surface area (Å²) in [5.74, 6) is -2.08. The molecule has 0 aliphatic carbocycles. The van der Waals surface area contributed by atoms with Crippen molar-refractivity contribution >= 4 is 5.82 Å². The molecule has 0 unspecified atom stereocenters. The fourth-order valence-corrected chi connectivity index (χ4v) is 3.86. The second-order valence-corrected chi connectivity index (χ2v) is 8.03. The molecule has 0 amide bonds. The molecule has 0 bridgehead atoms. The van der Waals surface area contributed by atoms with E-state index in [0.29, 0.717) is 17.1 Å². The van der Waals surface area contributed by atoms with E-state index >= 15 is 0 Å². The van der Waals surface area contributed by atoms with E-state index in [1.165, 1.54) is 48.3 Å². The van der Waals surface area contributed by atoms with Crippen LogP contribution in [0.1, 0.15) is 11.3 Å². The molecular formula is C25H17F5N6O. The summed E-state index contributed by atoms with van der Waals surface area (Å²) < 4.78 is 75.1. The first kappa shape index (κ1) is 24.1. The standard InChI is InChI=1S/C25H17F5N6O/c1-37-14-6-8-15(18(9-14)25(28,29)30)16-7-5-13(33-23(16)31)11-36-12-21-20(10-32-36)34-24(35-21)17-3-2-4-19(26)22(17)27/h2-10,12H,11H2,1H3,(H2,31,33). The van der Waals surface area contributed by atoms with Crippen LogP contribution in [0.5, 0.6) is 5.75 Å². The molecule has 0 fully saturated rings. The maximum atomic E-state index is 14.1. The second kappa shape index (κ2) is 9.12. The van der Waals surface area contributed by atoms with Crippen molar-refractivity contribution in [2.75, 3.05) is 12.8 Å². The van der Waals surface area contributed by atoms with Gasteiger partial charge in [0.2, 0.25) is 0 Å². The molecule has 0 saturated carbocycles. The van der Waals surface area contributed by atoms with Crippen LogP contribution in [0.3, 0.4) is 0 Å². The Morgan fingerprint density at radius 3 is 2.41 bits per heavy atom. The average molecular weight is 512 g/mol. The van der Waals surface area contributed by atoms with E-state index in [0.717, 1.165) is 12.1 Å². The number of nitrogens with zero attached hydrogens (tertiary/aromatic N) is 5. The van der Waals surface area contributed by atoms with Crippen molar-refractivity contribution in [1.29, 1.82) is 0 Å². The number of imidazole rings is 1. The third-order valence-electron chi connectivity index (χ3n) is 5.64. The number of methoxy groups -OCH3 is 1. The van der Waals surface area contributed by atoms with Crippen molar-refractivity contribution in [3.05, 3.63) is 83.8 Å². The highest BCUT2D eigenvalue weighted by Crippen LogP contribution is 2.40. The molecule has 2 N–H and O–H groups in total. The van der Waals surface area contributed by atoms with Crippen molar-refractivity contribution in [1.82, 2.24) is 24.7 Å². The van der Waals surface area contributed by atoms with E-state index in [9.17, 15) is 22.0 Å². The largest absolute Gasteiger partial charge is 0.497 e. The Hall–Kier alpha value is -4.61. The molecule has 0 radical (unpaired) electrons. The number of ether oxygens (including phenoxy) is 1. The van der Waals surface area contributed by atoms with Gasteiger partial charge in [0.15, 0.2) is 17.5 Å². The van der Waals surface area contributed by atoms with Gasteiger partial charge in [0.25, 0.3) is 0 Å². The van der Waals surface area contributed by atoms with Gasteiger partial charge in [-0.2, -0.15) is 18.3 Å². The molecule has 3 aromatic rings. The Balaban J connectivity index is 1.44. The average Bonchev–Trinajstić information content (AvgIpc) is 3.28. The predicted octanol–water partition coefficient (Wildman–Crippen LogP) is 5.44. The summed E-state index contributed by atoms with van der Waals surface area (Å²) in [7, 11) is 1.28. The summed E-state index contributed by atoms with van der Waals surface area (Å²) in [4.78, 5) is 12.7. The molecule has 7 nitrogen and oxygen atoms in total. The second-order valence-electron chi connectivity index (χ2n) is 8.03. The van der Waals surface area contributed by atoms with Gasteiger partial charge in [0.05, 0.1) is 42.9 Å². The van der Waals surface area contributed by atoms with Gasteiger partial charge in [-0.15, -0.1) is 0 Å². The minimum Gasteiger partial charge on any atom is -0.497 e. The SMILES string of the molecule is COc1ccc(-c2ccc(Cn3cc4nc(-c5cccc(F)c5F)nc-4cn3)nc2N)c(C(F)(F)F)c1. The highest BCUT2D eigenvalue weighted by Gasteiger charge is 2.34. The zero-order chi connectivity index (χ0) is 26.3. The van der Waals surface area contributed by atoms with Crippen LogP contribution in [0.2, 0.25) is 0 Å². The highest BCUT2D eigenvalue weighted by molar-refractivity contribution is 5.77. The van der Waals surface area contributed by atoms with Crippen LogP contribution in [0.15, 0.2) is 60.9 Å². The highest BCUT2D eigenvalue weighted by atomic mass is 19.4. The zero-order valence-corrected chi connectivity index (χ0v) is 19.1. The third-order valence-corrected chi connectivity index (χ3v) is 5.64. The number of rotatable bonds is 5. The Kier molecular flexibility index (Phi) is 5.94. The normalized spacial score (nSPS) is 11.7. The van der Waals surface area contributed by atoms with Gasteiger partial charge in [-0.05, 0) is 48.0 Å². The van der Waals surface area contributed by atoms with Gasteiger partial charge >= 0.3 is 6.18 Å². The Labute approximate surface area is 206 Å². The monoisotopic (exact) mass is 512 g/mol. The van der Waals surface area contributed by atoms with Crippen LogP contribution in [0, 0.1) is 11.6 Å². The first-order valence-corrected chi connectivity index (χ1v) is 10.8. The number of alkyl halides is 3. The van der Waals surface area contributed by atoms with E-state index in [4.69, 9.17) is 10.5 Å². The van der Waals surface area contributed by atoms with Crippen molar-refractivity contribution < 1.29 is 26.7 Å². The van der Waals surface area contributed by atoms with Crippen LogP contribution < -0.4 is 10.5 Å². The summed E-state index contributed by atoms with van der Waals surface area (Å²) in [6.45, 7) is 0.117. The molecule has 2 aromatic carbocycles. The van der Waals surface area contributed by atoms with Gasteiger partial charge in [-0.3, -0.25) is 4.68 Å². The van der Waals surface area contributed by atoms with Gasteiger partial charge in [-0.25, -0.2) is 23.7 Å². The molecule has 37 heavy (non-hydrogen) atoms. The van der Waals surface area contributed by atoms with Crippen LogP contribution >= 0.6 is 0 Å². The van der Waals surface area contributed by atoms with Gasteiger partial charge in [0, 0.05) is 5.56 Å². The van der Waals surface area contributed by atoms with Crippen molar-refractivity contribution in [2.24, 2.45) is 0 Å². The molecule has 0 spiro atoms. The Morgan fingerprint density at radius 1 is 0.919 bits per heavy atom. The fourth-order valence-electron chi connectivity index (χ4n) is 3.86. The lowest BCUT2D eigenvalue weighted by Gasteiger charge is -2.16. The number of nitrogens with two attached hydrogens (primary N) is 1. The lowest BCUT2D eigenvalue weighted by Crippen LogP contribution is -2.10. The quantitative estimate of drug-likeness (QED) is 0.315. The third kappa shape index (κ3) is 4.65. The summed E-state index contributed by atoms with van der Waals surface area (Å²) in [6.07, 6.45) is -1.67. The van der Waals surface area contributed by atoms with Gasteiger partial charge < -0.3 is 10.5 Å². The van der Waals surface area contributed by atoms with Crippen molar-refractivity contribution in [2.45, 2.75) is 12.7 Å². The minimum absolute atomic E-state index is 0.0123. The Bertz CT molecular complexity index is 1580. The number of aromatic nitrogens is 5. The lowest BCUT2D eigenvalue weighted by atomic mass is 9.99. The van der Waals surface area contributed by atoms with E-state index < -0.39 is 23.4 Å². The van der Waals surface area contributed by atoms with Crippen LogP contribution in [-0.2, 0) is 12.7 Å². The van der Waals surface area contributed by atoms with Crippen molar-refractivity contribution in [3.63, 3.8) is 0 Å². The molecule has 5 rings (SSSR count). The number of nitrogen functional groups attached to an aromatic ring is 1. The van der Waals surface area contributed by atoms with Crippen LogP contribution in [0.25, 0.3) is 33.9 Å². The summed E-state index contributed by atoms with van der Waals surface area (Å²) in [5.41, 5.74) is 6.25. The first-order valence-electron chi connectivity index (χ1n) is 10.8. The number of pyridine rings is 1.